The van der Waals surface area contributed by atoms with E-state index in [9.17, 15) is 0 Å². The van der Waals surface area contributed by atoms with Gasteiger partial charge in [-0.3, -0.25) is 4.98 Å². The Morgan fingerprint density at radius 2 is 2.00 bits per heavy atom. The van der Waals surface area contributed by atoms with Crippen molar-refractivity contribution in [1.82, 2.24) is 4.98 Å². The number of aromatic amines is 1. The van der Waals surface area contributed by atoms with Gasteiger partial charge in [0.15, 0.2) is 12.4 Å². The largest absolute Gasteiger partial charge is 0.487 e. The average Bonchev–Trinajstić information content (AvgIpc) is 2.29. The van der Waals surface area contributed by atoms with E-state index >= 15 is 0 Å². The second kappa shape index (κ2) is 4.37. The van der Waals surface area contributed by atoms with E-state index in [1.807, 2.05) is 42.7 Å². The summed E-state index contributed by atoms with van der Waals surface area (Å²) in [5.41, 5.74) is 0.931. The smallest absolute Gasteiger partial charge is 0.170 e. The Hall–Kier alpha value is -1.90. The van der Waals surface area contributed by atoms with E-state index in [1.54, 1.807) is 6.20 Å². The summed E-state index contributed by atoms with van der Waals surface area (Å²) >= 11 is 0. The Kier molecular flexibility index (Phi) is 2.71. The third kappa shape index (κ3) is 2.29. The van der Waals surface area contributed by atoms with Gasteiger partial charge in [0.25, 0.3) is 0 Å². The van der Waals surface area contributed by atoms with Crippen molar-refractivity contribution < 1.29 is 9.72 Å². The monoisotopic (exact) mass is 187 g/mol. The van der Waals surface area contributed by atoms with Crippen LogP contribution in [-0.2, 0) is 6.61 Å². The molecule has 0 aliphatic heterocycles. The summed E-state index contributed by atoms with van der Waals surface area (Å²) < 4.78 is 5.51. The van der Waals surface area contributed by atoms with Gasteiger partial charge in [0, 0.05) is 18.3 Å². The van der Waals surface area contributed by atoms with E-state index in [0.29, 0.717) is 6.61 Å². The molecule has 0 radical (unpaired) electrons. The van der Waals surface area contributed by atoms with Crippen LogP contribution in [0.2, 0.25) is 0 Å². The molecule has 0 atom stereocenters. The van der Waals surface area contributed by atoms with Crippen LogP contribution in [-0.4, -0.2) is 4.98 Å². The zero-order valence-electron chi connectivity index (χ0n) is 7.68. The first-order valence-electron chi connectivity index (χ1n) is 4.44. The second-order valence-corrected chi connectivity index (χ2v) is 2.85. The van der Waals surface area contributed by atoms with E-state index in [-0.39, 0.29) is 0 Å². The quantitative estimate of drug-likeness (QED) is 0.729. The van der Waals surface area contributed by atoms with E-state index in [4.69, 9.17) is 4.74 Å². The normalized spacial score (nSPS) is 9.71. The van der Waals surface area contributed by atoms with Gasteiger partial charge in [-0.25, -0.2) is 4.98 Å². The number of nitrogens with zero attached hydrogens (tertiary/aromatic N) is 1. The zero-order valence-corrected chi connectivity index (χ0v) is 7.68. The van der Waals surface area contributed by atoms with Crippen LogP contribution in [0.25, 0.3) is 0 Å². The second-order valence-electron chi connectivity index (χ2n) is 2.85. The third-order valence-corrected chi connectivity index (χ3v) is 1.80. The molecule has 2 rings (SSSR count). The molecule has 3 nitrogen and oxygen atoms in total. The number of nitrogens with one attached hydrogen (secondary N) is 1. The lowest BCUT2D eigenvalue weighted by Gasteiger charge is -2.02. The summed E-state index contributed by atoms with van der Waals surface area (Å²) in [6.45, 7) is 0.505. The minimum Gasteiger partial charge on any atom is -0.487 e. The summed E-state index contributed by atoms with van der Waals surface area (Å²) in [6, 6.07) is 9.53. The molecule has 14 heavy (non-hydrogen) atoms. The molecule has 0 saturated heterocycles. The van der Waals surface area contributed by atoms with Crippen LogP contribution in [0.3, 0.4) is 0 Å². The highest BCUT2D eigenvalue weighted by atomic mass is 16.5. The van der Waals surface area contributed by atoms with E-state index in [2.05, 4.69) is 9.97 Å². The first kappa shape index (κ1) is 8.69. The highest BCUT2D eigenvalue weighted by Crippen LogP contribution is 2.07. The molecule has 70 valence electrons. The summed E-state index contributed by atoms with van der Waals surface area (Å²) in [4.78, 5) is 7.10. The Morgan fingerprint density at radius 3 is 2.71 bits per heavy atom. The number of hydrogen-bond acceptors (Lipinski definition) is 2. The van der Waals surface area contributed by atoms with Gasteiger partial charge >= 0.3 is 0 Å². The molecule has 0 bridgehead atoms. The summed E-state index contributed by atoms with van der Waals surface area (Å²) in [6.07, 6.45) is 5.42. The Bertz CT molecular complexity index is 336. The molecular weight excluding hydrogens is 176 g/mol. The molecular formula is C11H11N2O+. The summed E-state index contributed by atoms with van der Waals surface area (Å²) in [7, 11) is 0. The van der Waals surface area contributed by atoms with E-state index in [1.165, 1.54) is 0 Å². The molecule has 0 aliphatic rings. The maximum absolute atomic E-state index is 5.51. The molecule has 2 heterocycles. The van der Waals surface area contributed by atoms with Crippen molar-refractivity contribution in [2.24, 2.45) is 0 Å². The molecule has 2 aromatic rings. The van der Waals surface area contributed by atoms with Crippen molar-refractivity contribution in [3.05, 3.63) is 54.6 Å². The number of pyridine rings is 2. The lowest BCUT2D eigenvalue weighted by Crippen LogP contribution is -2.01. The fourth-order valence-corrected chi connectivity index (χ4v) is 1.11. The first-order chi connectivity index (χ1) is 6.95. The van der Waals surface area contributed by atoms with Crippen molar-refractivity contribution in [2.45, 2.75) is 6.61 Å². The highest BCUT2D eigenvalue weighted by Gasteiger charge is 1.95. The molecule has 0 aromatic carbocycles. The predicted molar refractivity (Wildman–Crippen MR) is 51.6 cm³/mol. The molecule has 0 amide bonds. The number of aromatic nitrogens is 2. The predicted octanol–water partition coefficient (Wildman–Crippen LogP) is 1.47. The molecule has 0 spiro atoms. The number of H-pyrrole nitrogens is 1. The standard InChI is InChI=1S/C11H10N2O/c1-2-6-13-10(3-1)9-14-11-4-7-12-8-5-11/h1-8H,9H2/p+1. The molecule has 0 saturated carbocycles. The van der Waals surface area contributed by atoms with Crippen LogP contribution in [0.15, 0.2) is 48.9 Å². The molecule has 0 fully saturated rings. The lowest BCUT2D eigenvalue weighted by molar-refractivity contribution is -0.378. The minimum atomic E-state index is 0.505. The topological polar surface area (TPSA) is 36.3 Å². The Balaban J connectivity index is 1.96. The Morgan fingerprint density at radius 1 is 1.14 bits per heavy atom. The maximum atomic E-state index is 5.51. The summed E-state index contributed by atoms with van der Waals surface area (Å²) in [5, 5.41) is 0. The molecule has 0 unspecified atom stereocenters. The zero-order chi connectivity index (χ0) is 9.64. The fraction of sp³-hybridized carbons (Fsp3) is 0.0909. The fourth-order valence-electron chi connectivity index (χ4n) is 1.11. The first-order valence-corrected chi connectivity index (χ1v) is 4.44. The molecule has 2 aromatic heterocycles. The summed E-state index contributed by atoms with van der Waals surface area (Å²) in [5.74, 6) is 0.842. The van der Waals surface area contributed by atoms with Crippen molar-refractivity contribution in [2.75, 3.05) is 0 Å². The van der Waals surface area contributed by atoms with Crippen LogP contribution >= 0.6 is 0 Å². The third-order valence-electron chi connectivity index (χ3n) is 1.80. The minimum absolute atomic E-state index is 0.505. The molecule has 1 N–H and O–H groups in total. The van der Waals surface area contributed by atoms with Gasteiger partial charge in [0.2, 0.25) is 0 Å². The van der Waals surface area contributed by atoms with Gasteiger partial charge in [-0.2, -0.15) is 0 Å². The number of hydrogen-bond donors (Lipinski definition) is 0. The van der Waals surface area contributed by atoms with Crippen molar-refractivity contribution in [3.8, 4) is 5.75 Å². The van der Waals surface area contributed by atoms with Gasteiger partial charge in [0.1, 0.15) is 12.4 Å². The Labute approximate surface area is 82.4 Å². The van der Waals surface area contributed by atoms with Crippen LogP contribution in [0.5, 0.6) is 5.75 Å². The maximum Gasteiger partial charge on any atom is 0.170 e. The van der Waals surface area contributed by atoms with Crippen LogP contribution in [0.1, 0.15) is 5.69 Å². The number of rotatable bonds is 3. The van der Waals surface area contributed by atoms with Gasteiger partial charge in [0.05, 0.1) is 5.69 Å². The van der Waals surface area contributed by atoms with E-state index in [0.717, 1.165) is 11.4 Å². The van der Waals surface area contributed by atoms with Crippen LogP contribution in [0, 0.1) is 0 Å². The van der Waals surface area contributed by atoms with Crippen LogP contribution < -0.4 is 9.72 Å². The van der Waals surface area contributed by atoms with Gasteiger partial charge in [-0.15, -0.1) is 0 Å². The molecule has 0 aliphatic carbocycles. The van der Waals surface area contributed by atoms with Gasteiger partial charge < -0.3 is 4.74 Å². The average molecular weight is 187 g/mol. The van der Waals surface area contributed by atoms with Gasteiger partial charge in [-0.1, -0.05) is 6.07 Å². The van der Waals surface area contributed by atoms with Crippen molar-refractivity contribution in [1.29, 1.82) is 0 Å². The number of ether oxygens (including phenoxy) is 1. The van der Waals surface area contributed by atoms with Crippen molar-refractivity contribution in [3.63, 3.8) is 0 Å². The van der Waals surface area contributed by atoms with E-state index < -0.39 is 0 Å². The molecule has 3 heteroatoms. The lowest BCUT2D eigenvalue weighted by atomic mass is 10.4. The van der Waals surface area contributed by atoms with Crippen LogP contribution in [0.4, 0.5) is 0 Å². The highest BCUT2D eigenvalue weighted by molar-refractivity contribution is 5.15. The van der Waals surface area contributed by atoms with Gasteiger partial charge in [-0.05, 0) is 12.1 Å². The van der Waals surface area contributed by atoms with Crippen molar-refractivity contribution >= 4 is 0 Å². The SMILES string of the molecule is c1ccc(COc2cc[nH+]cc2)nc1.